The second-order valence-corrected chi connectivity index (χ2v) is 9.69. The van der Waals surface area contributed by atoms with Crippen molar-refractivity contribution in [2.24, 2.45) is 16.9 Å². The van der Waals surface area contributed by atoms with Crippen LogP contribution in [0, 0.1) is 5.41 Å². The SMILES string of the molecule is CCCCOC(=O)C1=C(N)OC2=C(C(=O)CC(C)(C)C2)C12C(=O)N(CC(N)=O)c1ccccc12. The normalized spacial score (nSPS) is 23.1. The monoisotopic (exact) mass is 467 g/mol. The second-order valence-electron chi connectivity index (χ2n) is 9.69. The van der Waals surface area contributed by atoms with Crippen molar-refractivity contribution in [2.45, 2.75) is 51.9 Å². The zero-order valence-electron chi connectivity index (χ0n) is 19.6. The van der Waals surface area contributed by atoms with E-state index in [1.54, 1.807) is 24.3 Å². The van der Waals surface area contributed by atoms with E-state index in [1.165, 1.54) is 4.90 Å². The lowest BCUT2D eigenvalue weighted by Crippen LogP contribution is -2.53. The number of Topliss-reactive ketones (excluding diaryl/α,β-unsaturated/α-hetero) is 1. The molecule has 2 heterocycles. The first kappa shape index (κ1) is 23.5. The van der Waals surface area contributed by atoms with E-state index in [9.17, 15) is 19.2 Å². The Balaban J connectivity index is 2.01. The van der Waals surface area contributed by atoms with E-state index >= 15 is 0 Å². The molecule has 1 spiro atoms. The van der Waals surface area contributed by atoms with Crippen molar-refractivity contribution in [1.29, 1.82) is 0 Å². The number of rotatable bonds is 6. The molecule has 1 aliphatic carbocycles. The Morgan fingerprint density at radius 2 is 1.88 bits per heavy atom. The summed E-state index contributed by atoms with van der Waals surface area (Å²) in [5.74, 6) is -2.56. The molecule has 1 atom stereocenters. The van der Waals surface area contributed by atoms with Gasteiger partial charge in [0.1, 0.15) is 23.3 Å². The molecule has 34 heavy (non-hydrogen) atoms. The Morgan fingerprint density at radius 3 is 2.56 bits per heavy atom. The fourth-order valence-corrected chi connectivity index (χ4v) is 5.15. The summed E-state index contributed by atoms with van der Waals surface area (Å²) in [7, 11) is 0. The van der Waals surface area contributed by atoms with Crippen LogP contribution in [0.2, 0.25) is 0 Å². The first-order valence-corrected chi connectivity index (χ1v) is 11.4. The van der Waals surface area contributed by atoms with Gasteiger partial charge in [-0.05, 0) is 17.9 Å². The number of para-hydroxylation sites is 1. The number of amides is 2. The summed E-state index contributed by atoms with van der Waals surface area (Å²) in [5, 5.41) is 0. The number of esters is 1. The van der Waals surface area contributed by atoms with Gasteiger partial charge in [0.15, 0.2) is 5.78 Å². The van der Waals surface area contributed by atoms with E-state index in [2.05, 4.69) is 0 Å². The number of allylic oxidation sites excluding steroid dienone is 1. The number of nitrogens with zero attached hydrogens (tertiary/aromatic N) is 1. The van der Waals surface area contributed by atoms with Crippen molar-refractivity contribution in [2.75, 3.05) is 18.1 Å². The van der Waals surface area contributed by atoms with E-state index in [4.69, 9.17) is 20.9 Å². The van der Waals surface area contributed by atoms with E-state index in [-0.39, 0.29) is 41.6 Å². The highest BCUT2D eigenvalue weighted by atomic mass is 16.5. The summed E-state index contributed by atoms with van der Waals surface area (Å²) in [4.78, 5) is 54.3. The lowest BCUT2D eigenvalue weighted by Gasteiger charge is -2.42. The first-order valence-electron chi connectivity index (χ1n) is 11.4. The Bertz CT molecular complexity index is 1160. The number of carbonyl (C=O) groups excluding carboxylic acids is 4. The molecule has 0 fully saturated rings. The van der Waals surface area contributed by atoms with Crippen molar-refractivity contribution in [1.82, 2.24) is 0 Å². The first-order chi connectivity index (χ1) is 16.0. The van der Waals surface area contributed by atoms with E-state index < -0.39 is 35.2 Å². The molecule has 2 amide bonds. The van der Waals surface area contributed by atoms with Crippen molar-refractivity contribution in [3.05, 3.63) is 52.6 Å². The van der Waals surface area contributed by atoms with E-state index in [1.807, 2.05) is 20.8 Å². The predicted octanol–water partition coefficient (Wildman–Crippen LogP) is 1.94. The Labute approximate surface area is 197 Å². The third kappa shape index (κ3) is 3.46. The van der Waals surface area contributed by atoms with Gasteiger partial charge in [-0.1, -0.05) is 45.4 Å². The van der Waals surface area contributed by atoms with Crippen LogP contribution >= 0.6 is 0 Å². The van der Waals surface area contributed by atoms with Crippen molar-refractivity contribution in [3.8, 4) is 0 Å². The van der Waals surface area contributed by atoms with Crippen LogP contribution in [-0.2, 0) is 34.1 Å². The van der Waals surface area contributed by atoms with Crippen LogP contribution in [0.3, 0.4) is 0 Å². The average Bonchev–Trinajstić information content (AvgIpc) is 2.96. The number of carbonyl (C=O) groups is 4. The number of ether oxygens (including phenoxy) is 2. The number of ketones is 1. The van der Waals surface area contributed by atoms with Crippen molar-refractivity contribution < 1.29 is 28.7 Å². The van der Waals surface area contributed by atoms with Gasteiger partial charge in [-0.2, -0.15) is 0 Å². The standard InChI is InChI=1S/C25H29N3O6/c1-4-5-10-33-22(31)20-21(27)34-17-12-24(2,3)11-16(29)19(17)25(20)14-8-6-7-9-15(14)28(23(25)32)13-18(26)30/h6-9H,4-5,10-13,27H2,1-3H3,(H2,26,30). The molecule has 9 nitrogen and oxygen atoms in total. The van der Waals surface area contributed by atoms with E-state index in [0.717, 1.165) is 6.42 Å². The molecule has 0 saturated carbocycles. The number of benzene rings is 1. The second kappa shape index (κ2) is 8.30. The molecular weight excluding hydrogens is 438 g/mol. The van der Waals surface area contributed by atoms with Gasteiger partial charge in [0.2, 0.25) is 17.7 Å². The third-order valence-corrected chi connectivity index (χ3v) is 6.48. The number of hydrogen-bond donors (Lipinski definition) is 2. The number of primary amides is 1. The van der Waals surface area contributed by atoms with Crippen LogP contribution in [0.5, 0.6) is 0 Å². The van der Waals surface area contributed by atoms with Gasteiger partial charge in [0.05, 0.1) is 12.2 Å². The minimum absolute atomic E-state index is 0.0767. The van der Waals surface area contributed by atoms with Gasteiger partial charge in [-0.25, -0.2) is 4.79 Å². The highest BCUT2D eigenvalue weighted by Crippen LogP contribution is 2.57. The maximum Gasteiger partial charge on any atom is 0.341 e. The van der Waals surface area contributed by atoms with Crippen LogP contribution in [0.4, 0.5) is 5.69 Å². The predicted molar refractivity (Wildman–Crippen MR) is 123 cm³/mol. The summed E-state index contributed by atoms with van der Waals surface area (Å²) in [6, 6.07) is 6.70. The maximum absolute atomic E-state index is 14.2. The number of unbranched alkanes of at least 4 members (excludes halogenated alkanes) is 1. The molecule has 1 aromatic rings. The summed E-state index contributed by atoms with van der Waals surface area (Å²) >= 11 is 0. The molecule has 2 aliphatic heterocycles. The summed E-state index contributed by atoms with van der Waals surface area (Å²) in [5.41, 5.74) is 10.0. The van der Waals surface area contributed by atoms with Gasteiger partial charge in [-0.3, -0.25) is 14.4 Å². The quantitative estimate of drug-likeness (QED) is 0.481. The fourth-order valence-electron chi connectivity index (χ4n) is 5.15. The Kier molecular flexibility index (Phi) is 5.75. The Morgan fingerprint density at radius 1 is 1.18 bits per heavy atom. The third-order valence-electron chi connectivity index (χ3n) is 6.48. The molecule has 180 valence electrons. The van der Waals surface area contributed by atoms with Crippen molar-refractivity contribution in [3.63, 3.8) is 0 Å². The number of anilines is 1. The lowest BCUT2D eigenvalue weighted by atomic mass is 9.62. The Hall–Kier alpha value is -3.62. The minimum Gasteiger partial charge on any atom is -0.462 e. The number of nitrogens with two attached hydrogens (primary N) is 2. The smallest absolute Gasteiger partial charge is 0.341 e. The van der Waals surface area contributed by atoms with Crippen LogP contribution in [0.1, 0.15) is 52.0 Å². The molecule has 3 aliphatic rings. The summed E-state index contributed by atoms with van der Waals surface area (Å²) < 4.78 is 11.3. The van der Waals surface area contributed by atoms with Crippen LogP contribution in [0.25, 0.3) is 0 Å². The van der Waals surface area contributed by atoms with Crippen LogP contribution < -0.4 is 16.4 Å². The molecular formula is C25H29N3O6. The van der Waals surface area contributed by atoms with Gasteiger partial charge in [0.25, 0.3) is 0 Å². The molecule has 4 rings (SSSR count). The number of hydrogen-bond acceptors (Lipinski definition) is 7. The van der Waals surface area contributed by atoms with Gasteiger partial charge >= 0.3 is 5.97 Å². The molecule has 9 heteroatoms. The molecule has 0 saturated heterocycles. The lowest BCUT2D eigenvalue weighted by molar-refractivity contribution is -0.142. The summed E-state index contributed by atoms with van der Waals surface area (Å²) in [6.07, 6.45) is 1.91. The van der Waals surface area contributed by atoms with Gasteiger partial charge in [0, 0.05) is 24.1 Å². The molecule has 0 aromatic heterocycles. The highest BCUT2D eigenvalue weighted by molar-refractivity contribution is 6.24. The van der Waals surface area contributed by atoms with Crippen LogP contribution in [-0.4, -0.2) is 36.7 Å². The number of fused-ring (bicyclic) bond motifs is 3. The largest absolute Gasteiger partial charge is 0.462 e. The van der Waals surface area contributed by atoms with Crippen molar-refractivity contribution >= 4 is 29.3 Å². The van der Waals surface area contributed by atoms with Gasteiger partial charge < -0.3 is 25.8 Å². The van der Waals surface area contributed by atoms with E-state index in [0.29, 0.717) is 24.1 Å². The minimum atomic E-state index is -1.87. The topological polar surface area (TPSA) is 142 Å². The molecule has 0 bridgehead atoms. The zero-order chi connectivity index (χ0) is 24.8. The van der Waals surface area contributed by atoms with Crippen LogP contribution in [0.15, 0.2) is 47.1 Å². The molecule has 1 unspecified atom stereocenters. The average molecular weight is 468 g/mol. The molecule has 1 aromatic carbocycles. The highest BCUT2D eigenvalue weighted by Gasteiger charge is 2.64. The molecule has 0 radical (unpaired) electrons. The molecule has 4 N–H and O–H groups in total. The zero-order valence-corrected chi connectivity index (χ0v) is 19.6. The maximum atomic E-state index is 14.2. The fraction of sp³-hybridized carbons (Fsp3) is 0.440. The summed E-state index contributed by atoms with van der Waals surface area (Å²) in [6.45, 7) is 5.49. The van der Waals surface area contributed by atoms with Gasteiger partial charge in [-0.15, -0.1) is 0 Å².